The summed E-state index contributed by atoms with van der Waals surface area (Å²) >= 11 is 0. The van der Waals surface area contributed by atoms with E-state index in [2.05, 4.69) is 10.00 Å². The van der Waals surface area contributed by atoms with Crippen LogP contribution in [0.2, 0.25) is 0 Å². The van der Waals surface area contributed by atoms with E-state index >= 15 is 0 Å². The van der Waals surface area contributed by atoms with Crippen LogP contribution < -0.4 is 5.73 Å². The van der Waals surface area contributed by atoms with Crippen LogP contribution in [0.15, 0.2) is 36.5 Å². The third-order valence-electron chi connectivity index (χ3n) is 5.84. The quantitative estimate of drug-likeness (QED) is 0.880. The highest BCUT2D eigenvalue weighted by Gasteiger charge is 2.38. The van der Waals surface area contributed by atoms with E-state index in [9.17, 15) is 9.59 Å². The SMILES string of the molecule is Cc1c(C(=O)N2CC(N3CCC(C(N)=O)CC3)C2)cnn1-c1ccccc1. The van der Waals surface area contributed by atoms with Crippen LogP contribution in [0.3, 0.4) is 0 Å². The molecular weight excluding hydrogens is 342 g/mol. The first kappa shape index (κ1) is 17.7. The highest BCUT2D eigenvalue weighted by atomic mass is 16.2. The van der Waals surface area contributed by atoms with Crippen molar-refractivity contribution in [2.45, 2.75) is 25.8 Å². The predicted octanol–water partition coefficient (Wildman–Crippen LogP) is 1.20. The Morgan fingerprint density at radius 2 is 1.78 bits per heavy atom. The van der Waals surface area contributed by atoms with Crippen molar-refractivity contribution in [3.8, 4) is 5.69 Å². The lowest BCUT2D eigenvalue weighted by Crippen LogP contribution is -2.62. The molecule has 2 N–H and O–H groups in total. The number of aromatic nitrogens is 2. The molecule has 0 unspecified atom stereocenters. The van der Waals surface area contributed by atoms with E-state index in [4.69, 9.17) is 5.73 Å². The van der Waals surface area contributed by atoms with Crippen molar-refractivity contribution in [2.75, 3.05) is 26.2 Å². The van der Waals surface area contributed by atoms with Crippen LogP contribution in [0.4, 0.5) is 0 Å². The summed E-state index contributed by atoms with van der Waals surface area (Å²) in [4.78, 5) is 28.4. The summed E-state index contributed by atoms with van der Waals surface area (Å²) in [6.07, 6.45) is 3.31. The second-order valence-electron chi connectivity index (χ2n) is 7.47. The number of carbonyl (C=O) groups excluding carboxylic acids is 2. The molecule has 27 heavy (non-hydrogen) atoms. The maximum atomic E-state index is 12.9. The number of rotatable bonds is 4. The van der Waals surface area contributed by atoms with Gasteiger partial charge in [-0.15, -0.1) is 0 Å². The van der Waals surface area contributed by atoms with E-state index in [1.54, 1.807) is 10.9 Å². The first-order chi connectivity index (χ1) is 13.0. The first-order valence-corrected chi connectivity index (χ1v) is 9.47. The van der Waals surface area contributed by atoms with Gasteiger partial charge in [0, 0.05) is 25.0 Å². The van der Waals surface area contributed by atoms with E-state index < -0.39 is 0 Å². The van der Waals surface area contributed by atoms with Crippen LogP contribution in [0.5, 0.6) is 0 Å². The molecule has 2 aliphatic rings. The van der Waals surface area contributed by atoms with Gasteiger partial charge in [-0.1, -0.05) is 18.2 Å². The average molecular weight is 367 g/mol. The second kappa shape index (κ2) is 7.15. The molecular formula is C20H25N5O2. The number of amides is 2. The number of carbonyl (C=O) groups is 2. The van der Waals surface area contributed by atoms with Gasteiger partial charge in [-0.25, -0.2) is 4.68 Å². The summed E-state index contributed by atoms with van der Waals surface area (Å²) in [5, 5.41) is 4.40. The topological polar surface area (TPSA) is 84.5 Å². The summed E-state index contributed by atoms with van der Waals surface area (Å²) in [6, 6.07) is 10.2. The molecule has 1 aromatic heterocycles. The monoisotopic (exact) mass is 367 g/mol. The highest BCUT2D eigenvalue weighted by Crippen LogP contribution is 2.25. The third kappa shape index (κ3) is 3.35. The van der Waals surface area contributed by atoms with Crippen LogP contribution in [-0.4, -0.2) is 63.6 Å². The largest absolute Gasteiger partial charge is 0.369 e. The smallest absolute Gasteiger partial charge is 0.257 e. The van der Waals surface area contributed by atoms with E-state index in [0.29, 0.717) is 11.6 Å². The average Bonchev–Trinajstić information content (AvgIpc) is 3.03. The minimum Gasteiger partial charge on any atom is -0.369 e. The zero-order valence-corrected chi connectivity index (χ0v) is 15.5. The van der Waals surface area contributed by atoms with Gasteiger partial charge in [0.1, 0.15) is 0 Å². The molecule has 4 rings (SSSR count). The second-order valence-corrected chi connectivity index (χ2v) is 7.47. The summed E-state index contributed by atoms with van der Waals surface area (Å²) < 4.78 is 1.80. The van der Waals surface area contributed by atoms with Crippen LogP contribution in [0.25, 0.3) is 5.69 Å². The van der Waals surface area contributed by atoms with Gasteiger partial charge in [0.05, 0.1) is 23.1 Å². The van der Waals surface area contributed by atoms with Gasteiger partial charge in [-0.2, -0.15) is 5.10 Å². The van der Waals surface area contributed by atoms with Gasteiger partial charge in [0.15, 0.2) is 0 Å². The molecule has 0 spiro atoms. The highest BCUT2D eigenvalue weighted by molar-refractivity contribution is 5.95. The number of piperidine rings is 1. The van der Waals surface area contributed by atoms with E-state index in [1.165, 1.54) is 0 Å². The number of para-hydroxylation sites is 1. The van der Waals surface area contributed by atoms with Crippen LogP contribution in [0, 0.1) is 12.8 Å². The lowest BCUT2D eigenvalue weighted by atomic mass is 9.93. The Balaban J connectivity index is 1.36. The molecule has 0 radical (unpaired) electrons. The minimum absolute atomic E-state index is 0.00513. The van der Waals surface area contributed by atoms with Crippen molar-refractivity contribution in [1.29, 1.82) is 0 Å². The fourth-order valence-corrected chi connectivity index (χ4v) is 4.02. The van der Waals surface area contributed by atoms with Crippen molar-refractivity contribution < 1.29 is 9.59 Å². The Morgan fingerprint density at radius 1 is 1.11 bits per heavy atom. The molecule has 2 aliphatic heterocycles. The Morgan fingerprint density at radius 3 is 2.41 bits per heavy atom. The predicted molar refractivity (Wildman–Crippen MR) is 101 cm³/mol. The standard InChI is InChI=1S/C20H25N5O2/c1-14-18(11-22-25(14)16-5-3-2-4-6-16)20(27)24-12-17(13-24)23-9-7-15(8-10-23)19(21)26/h2-6,11,15,17H,7-10,12-13H2,1H3,(H2,21,26). The summed E-state index contributed by atoms with van der Waals surface area (Å²) in [7, 11) is 0. The summed E-state index contributed by atoms with van der Waals surface area (Å²) in [5.41, 5.74) is 7.87. The van der Waals surface area contributed by atoms with Crippen molar-refractivity contribution in [2.24, 2.45) is 11.7 Å². The van der Waals surface area contributed by atoms with Crippen molar-refractivity contribution in [3.05, 3.63) is 47.8 Å². The number of primary amides is 1. The van der Waals surface area contributed by atoms with Crippen LogP contribution in [-0.2, 0) is 4.79 Å². The number of nitrogens with two attached hydrogens (primary N) is 1. The van der Waals surface area contributed by atoms with Gasteiger partial charge in [-0.05, 0) is 45.0 Å². The maximum absolute atomic E-state index is 12.9. The molecule has 7 nitrogen and oxygen atoms in total. The normalized spacial score (nSPS) is 19.1. The Labute approximate surface area is 158 Å². The maximum Gasteiger partial charge on any atom is 0.257 e. The lowest BCUT2D eigenvalue weighted by molar-refractivity contribution is -0.123. The minimum atomic E-state index is -0.189. The van der Waals surface area contributed by atoms with E-state index in [1.807, 2.05) is 42.2 Å². The van der Waals surface area contributed by atoms with Crippen molar-refractivity contribution in [3.63, 3.8) is 0 Å². The third-order valence-corrected chi connectivity index (χ3v) is 5.84. The van der Waals surface area contributed by atoms with Gasteiger partial charge in [-0.3, -0.25) is 14.5 Å². The fraction of sp³-hybridized carbons (Fsp3) is 0.450. The Hall–Kier alpha value is -2.67. The van der Waals surface area contributed by atoms with Crippen molar-refractivity contribution in [1.82, 2.24) is 19.6 Å². The van der Waals surface area contributed by atoms with Gasteiger partial charge < -0.3 is 10.6 Å². The molecule has 3 heterocycles. The lowest BCUT2D eigenvalue weighted by Gasteiger charge is -2.47. The molecule has 2 amide bonds. The molecule has 0 bridgehead atoms. The van der Waals surface area contributed by atoms with E-state index in [-0.39, 0.29) is 17.7 Å². The van der Waals surface area contributed by atoms with Gasteiger partial charge >= 0.3 is 0 Å². The van der Waals surface area contributed by atoms with E-state index in [0.717, 1.165) is 50.4 Å². The number of benzene rings is 1. The Bertz CT molecular complexity index is 833. The Kier molecular flexibility index (Phi) is 4.70. The molecule has 0 atom stereocenters. The molecule has 2 fully saturated rings. The summed E-state index contributed by atoms with van der Waals surface area (Å²) in [5.74, 6) is -0.144. The number of nitrogens with zero attached hydrogens (tertiary/aromatic N) is 4. The molecule has 7 heteroatoms. The van der Waals surface area contributed by atoms with Gasteiger partial charge in [0.2, 0.25) is 5.91 Å². The number of hydrogen-bond donors (Lipinski definition) is 1. The zero-order valence-electron chi connectivity index (χ0n) is 15.5. The summed E-state index contributed by atoms with van der Waals surface area (Å²) in [6.45, 7) is 5.15. The van der Waals surface area contributed by atoms with Crippen LogP contribution in [0.1, 0.15) is 28.9 Å². The molecule has 0 saturated carbocycles. The number of likely N-dealkylation sites (tertiary alicyclic amines) is 2. The fourth-order valence-electron chi connectivity index (χ4n) is 4.02. The zero-order chi connectivity index (χ0) is 19.0. The molecule has 142 valence electrons. The van der Waals surface area contributed by atoms with Gasteiger partial charge in [0.25, 0.3) is 5.91 Å². The number of hydrogen-bond acceptors (Lipinski definition) is 4. The molecule has 0 aliphatic carbocycles. The molecule has 2 saturated heterocycles. The molecule has 2 aromatic rings. The molecule has 1 aromatic carbocycles. The van der Waals surface area contributed by atoms with Crippen molar-refractivity contribution >= 4 is 11.8 Å². The van der Waals surface area contributed by atoms with Crippen LogP contribution >= 0.6 is 0 Å². The first-order valence-electron chi connectivity index (χ1n) is 9.47.